The van der Waals surface area contributed by atoms with E-state index in [0.29, 0.717) is 16.3 Å². The van der Waals surface area contributed by atoms with Gasteiger partial charge in [-0.05, 0) is 37.6 Å². The van der Waals surface area contributed by atoms with Gasteiger partial charge in [-0.3, -0.25) is 14.9 Å². The van der Waals surface area contributed by atoms with Crippen LogP contribution in [-0.2, 0) is 9.53 Å². The molecule has 2 aromatic rings. The van der Waals surface area contributed by atoms with Crippen LogP contribution in [0.1, 0.15) is 22.8 Å². The number of hydrogen-bond acceptors (Lipinski definition) is 6. The molecule has 0 heterocycles. The van der Waals surface area contributed by atoms with E-state index in [9.17, 15) is 19.7 Å². The van der Waals surface area contributed by atoms with Crippen molar-refractivity contribution in [2.24, 2.45) is 0 Å². The van der Waals surface area contributed by atoms with Crippen LogP contribution in [0.2, 0.25) is 5.02 Å². The minimum Gasteiger partial charge on any atom is -0.449 e. The SMILES string of the molecule is Cc1c(Cl)cccc1NC(=O)[C@@H](C)OC(=O)c1cc([N+](=O)[O-])ccc1N. The van der Waals surface area contributed by atoms with Gasteiger partial charge >= 0.3 is 5.97 Å². The van der Waals surface area contributed by atoms with Crippen LogP contribution in [0.15, 0.2) is 36.4 Å². The number of ether oxygens (including phenoxy) is 1. The molecule has 0 aliphatic rings. The Hall–Kier alpha value is -3.13. The van der Waals surface area contributed by atoms with Crippen LogP contribution in [0.3, 0.4) is 0 Å². The molecule has 26 heavy (non-hydrogen) atoms. The Bertz CT molecular complexity index is 885. The lowest BCUT2D eigenvalue weighted by Crippen LogP contribution is -2.30. The number of nitro benzene ring substituents is 1. The molecule has 0 aromatic heterocycles. The predicted octanol–water partition coefficient (Wildman–Crippen LogP) is 3.32. The van der Waals surface area contributed by atoms with Crippen molar-refractivity contribution < 1.29 is 19.2 Å². The number of amides is 1. The molecule has 0 bridgehead atoms. The molecule has 2 rings (SSSR count). The van der Waals surface area contributed by atoms with Crippen molar-refractivity contribution in [2.45, 2.75) is 20.0 Å². The summed E-state index contributed by atoms with van der Waals surface area (Å²) < 4.78 is 5.07. The third-order valence-corrected chi connectivity index (χ3v) is 4.06. The summed E-state index contributed by atoms with van der Waals surface area (Å²) in [7, 11) is 0. The zero-order valence-corrected chi connectivity index (χ0v) is 14.7. The molecule has 8 nitrogen and oxygen atoms in total. The summed E-state index contributed by atoms with van der Waals surface area (Å²) in [4.78, 5) is 34.6. The molecule has 0 radical (unpaired) electrons. The van der Waals surface area contributed by atoms with E-state index < -0.39 is 22.9 Å². The van der Waals surface area contributed by atoms with Gasteiger partial charge in [-0.2, -0.15) is 0 Å². The summed E-state index contributed by atoms with van der Waals surface area (Å²) in [5, 5.41) is 13.9. The van der Waals surface area contributed by atoms with Gasteiger partial charge in [0.25, 0.3) is 11.6 Å². The van der Waals surface area contributed by atoms with E-state index in [1.165, 1.54) is 19.1 Å². The van der Waals surface area contributed by atoms with E-state index >= 15 is 0 Å². The zero-order valence-electron chi connectivity index (χ0n) is 14.0. The lowest BCUT2D eigenvalue weighted by molar-refractivity contribution is -0.384. The number of nitro groups is 1. The van der Waals surface area contributed by atoms with Crippen molar-refractivity contribution in [3.05, 3.63) is 62.7 Å². The minimum absolute atomic E-state index is 0.0129. The number of non-ortho nitro benzene ring substituents is 1. The molecule has 0 saturated carbocycles. The first kappa shape index (κ1) is 19.2. The number of carbonyl (C=O) groups excluding carboxylic acids is 2. The Morgan fingerprint density at radius 3 is 2.65 bits per heavy atom. The van der Waals surface area contributed by atoms with Crippen molar-refractivity contribution in [3.8, 4) is 0 Å². The van der Waals surface area contributed by atoms with Gasteiger partial charge in [0.05, 0.1) is 10.5 Å². The second kappa shape index (κ2) is 7.83. The molecule has 0 unspecified atom stereocenters. The number of anilines is 2. The third-order valence-electron chi connectivity index (χ3n) is 3.65. The Labute approximate surface area is 154 Å². The van der Waals surface area contributed by atoms with Gasteiger partial charge in [0.15, 0.2) is 6.10 Å². The highest BCUT2D eigenvalue weighted by atomic mass is 35.5. The van der Waals surface area contributed by atoms with Gasteiger partial charge in [0, 0.05) is 28.5 Å². The van der Waals surface area contributed by atoms with Gasteiger partial charge in [-0.25, -0.2) is 4.79 Å². The van der Waals surface area contributed by atoms with Crippen LogP contribution in [0.25, 0.3) is 0 Å². The first-order chi connectivity index (χ1) is 12.2. The number of halogens is 1. The number of nitrogens with two attached hydrogens (primary N) is 1. The van der Waals surface area contributed by atoms with Crippen LogP contribution in [-0.4, -0.2) is 22.9 Å². The average Bonchev–Trinajstić information content (AvgIpc) is 2.58. The van der Waals surface area contributed by atoms with Crippen LogP contribution in [0.4, 0.5) is 17.1 Å². The topological polar surface area (TPSA) is 125 Å². The molecular formula is C17H16ClN3O5. The molecule has 1 amide bonds. The van der Waals surface area contributed by atoms with Crippen molar-refractivity contribution in [1.29, 1.82) is 0 Å². The third kappa shape index (κ3) is 4.28. The molecular weight excluding hydrogens is 362 g/mol. The van der Waals surface area contributed by atoms with E-state index in [1.54, 1.807) is 25.1 Å². The average molecular weight is 378 g/mol. The van der Waals surface area contributed by atoms with Crippen molar-refractivity contribution in [1.82, 2.24) is 0 Å². The number of nitrogens with zero attached hydrogens (tertiary/aromatic N) is 1. The summed E-state index contributed by atoms with van der Waals surface area (Å²) in [5.74, 6) is -1.51. The zero-order chi connectivity index (χ0) is 19.4. The second-order valence-electron chi connectivity index (χ2n) is 5.48. The summed E-state index contributed by atoms with van der Waals surface area (Å²) >= 11 is 5.99. The largest absolute Gasteiger partial charge is 0.449 e. The van der Waals surface area contributed by atoms with E-state index in [2.05, 4.69) is 5.32 Å². The number of rotatable bonds is 5. The van der Waals surface area contributed by atoms with E-state index in [4.69, 9.17) is 22.1 Å². The summed E-state index contributed by atoms with van der Waals surface area (Å²) in [6, 6.07) is 8.42. The summed E-state index contributed by atoms with van der Waals surface area (Å²) in [6.07, 6.45) is -1.15. The Morgan fingerprint density at radius 1 is 1.31 bits per heavy atom. The smallest absolute Gasteiger partial charge is 0.341 e. The maximum Gasteiger partial charge on any atom is 0.341 e. The molecule has 1 atom stereocenters. The summed E-state index contributed by atoms with van der Waals surface area (Å²) in [6.45, 7) is 3.11. The molecule has 0 saturated heterocycles. The van der Waals surface area contributed by atoms with Crippen LogP contribution >= 0.6 is 11.6 Å². The number of carbonyl (C=O) groups is 2. The lowest BCUT2D eigenvalue weighted by Gasteiger charge is -2.15. The molecule has 0 aliphatic carbocycles. The van der Waals surface area contributed by atoms with Crippen LogP contribution in [0, 0.1) is 17.0 Å². The number of esters is 1. The maximum absolute atomic E-state index is 12.2. The molecule has 0 spiro atoms. The van der Waals surface area contributed by atoms with E-state index in [-0.39, 0.29) is 16.9 Å². The van der Waals surface area contributed by atoms with E-state index in [0.717, 1.165) is 6.07 Å². The van der Waals surface area contributed by atoms with Crippen molar-refractivity contribution in [3.63, 3.8) is 0 Å². The van der Waals surface area contributed by atoms with Gasteiger partial charge in [-0.1, -0.05) is 17.7 Å². The maximum atomic E-state index is 12.2. The first-order valence-electron chi connectivity index (χ1n) is 7.51. The molecule has 9 heteroatoms. The first-order valence-corrected chi connectivity index (χ1v) is 7.89. The minimum atomic E-state index is -1.15. The quantitative estimate of drug-likeness (QED) is 0.356. The highest BCUT2D eigenvalue weighted by molar-refractivity contribution is 6.31. The number of nitrogen functional groups attached to an aromatic ring is 1. The van der Waals surface area contributed by atoms with Gasteiger partial charge in [0.1, 0.15) is 0 Å². The standard InChI is InChI=1S/C17H16ClN3O5/c1-9-13(18)4-3-5-15(9)20-16(22)10(2)26-17(23)12-8-11(21(24)25)6-7-14(12)19/h3-8,10H,19H2,1-2H3,(H,20,22)/t10-/m1/s1. The van der Waals surface area contributed by atoms with Crippen LogP contribution in [0.5, 0.6) is 0 Å². The van der Waals surface area contributed by atoms with Crippen LogP contribution < -0.4 is 11.1 Å². The van der Waals surface area contributed by atoms with Gasteiger partial charge in [0.2, 0.25) is 0 Å². The van der Waals surface area contributed by atoms with Crippen molar-refractivity contribution >= 4 is 40.5 Å². The lowest BCUT2D eigenvalue weighted by atomic mass is 10.1. The molecule has 3 N–H and O–H groups in total. The van der Waals surface area contributed by atoms with Crippen molar-refractivity contribution in [2.75, 3.05) is 11.1 Å². The monoisotopic (exact) mass is 377 g/mol. The fourth-order valence-corrected chi connectivity index (χ4v) is 2.26. The van der Waals surface area contributed by atoms with Gasteiger partial charge < -0.3 is 15.8 Å². The number of nitrogens with one attached hydrogen (secondary N) is 1. The Morgan fingerprint density at radius 2 is 2.00 bits per heavy atom. The highest BCUT2D eigenvalue weighted by Crippen LogP contribution is 2.24. The molecule has 0 fully saturated rings. The molecule has 2 aromatic carbocycles. The van der Waals surface area contributed by atoms with E-state index in [1.807, 2.05) is 0 Å². The molecule has 136 valence electrons. The molecule has 0 aliphatic heterocycles. The fraction of sp³-hybridized carbons (Fsp3) is 0.176. The van der Waals surface area contributed by atoms with Gasteiger partial charge in [-0.15, -0.1) is 0 Å². The normalized spacial score (nSPS) is 11.5. The highest BCUT2D eigenvalue weighted by Gasteiger charge is 2.23. The summed E-state index contributed by atoms with van der Waals surface area (Å²) in [5.41, 5.74) is 6.34. The predicted molar refractivity (Wildman–Crippen MR) is 97.2 cm³/mol. The second-order valence-corrected chi connectivity index (χ2v) is 5.89. The Balaban J connectivity index is 2.11. The fourth-order valence-electron chi connectivity index (χ4n) is 2.09. The Kier molecular flexibility index (Phi) is 5.78. The number of hydrogen-bond donors (Lipinski definition) is 2. The number of benzene rings is 2.